The highest BCUT2D eigenvalue weighted by atomic mass is 35.5. The van der Waals surface area contributed by atoms with Gasteiger partial charge in [-0.2, -0.15) is 0 Å². The summed E-state index contributed by atoms with van der Waals surface area (Å²) in [5, 5.41) is 5.93. The maximum Gasteiger partial charge on any atom is 0.319 e. The van der Waals surface area contributed by atoms with Gasteiger partial charge in [-0.25, -0.2) is 4.79 Å². The van der Waals surface area contributed by atoms with Crippen LogP contribution >= 0.6 is 23.8 Å². The molecular weight excluding hydrogens is 306 g/mol. The summed E-state index contributed by atoms with van der Waals surface area (Å²) in [6.07, 6.45) is 0. The number of nitrogens with one attached hydrogen (secondary N) is 2. The van der Waals surface area contributed by atoms with Crippen LogP contribution in [0.5, 0.6) is 0 Å². The number of thiocarbonyl (C=S) groups is 1. The Balaban J connectivity index is 1.89. The molecule has 0 aliphatic carbocycles. The zero-order valence-corrected chi connectivity index (χ0v) is 12.7. The van der Waals surface area contributed by atoms with Gasteiger partial charge < -0.3 is 16.4 Å². The number of carbonyl (C=O) groups excluding carboxylic acids is 1. The molecule has 0 aromatic heterocycles. The lowest BCUT2D eigenvalue weighted by Crippen LogP contribution is -2.28. The number of urea groups is 1. The second-order valence-electron chi connectivity index (χ2n) is 4.35. The first kappa shape index (κ1) is 15.3. The maximum atomic E-state index is 11.8. The summed E-state index contributed by atoms with van der Waals surface area (Å²) in [6.45, 7) is 0.397. The van der Waals surface area contributed by atoms with Crippen LogP contribution < -0.4 is 16.4 Å². The maximum absolute atomic E-state index is 11.8. The van der Waals surface area contributed by atoms with Gasteiger partial charge in [0.15, 0.2) is 0 Å². The van der Waals surface area contributed by atoms with E-state index in [1.54, 1.807) is 24.3 Å². The minimum atomic E-state index is -0.318. The number of anilines is 1. The second kappa shape index (κ2) is 7.06. The number of carbonyl (C=O) groups is 1. The lowest BCUT2D eigenvalue weighted by Gasteiger charge is -2.09. The summed E-state index contributed by atoms with van der Waals surface area (Å²) < 4.78 is 0. The fourth-order valence-electron chi connectivity index (χ4n) is 1.70. The third-order valence-electron chi connectivity index (χ3n) is 2.81. The molecule has 2 aromatic carbocycles. The van der Waals surface area contributed by atoms with Gasteiger partial charge in [0.1, 0.15) is 4.99 Å². The third kappa shape index (κ3) is 4.44. The SMILES string of the molecule is NC(=S)c1ccc(CNC(=O)Nc2ccccc2Cl)cc1. The molecule has 0 spiro atoms. The Bertz CT molecular complexity index is 658. The van der Waals surface area contributed by atoms with Gasteiger partial charge >= 0.3 is 6.03 Å². The molecule has 21 heavy (non-hydrogen) atoms. The molecule has 4 N–H and O–H groups in total. The van der Waals surface area contributed by atoms with E-state index in [1.807, 2.05) is 24.3 Å². The largest absolute Gasteiger partial charge is 0.389 e. The van der Waals surface area contributed by atoms with E-state index in [0.717, 1.165) is 11.1 Å². The zero-order valence-electron chi connectivity index (χ0n) is 11.1. The minimum Gasteiger partial charge on any atom is -0.389 e. The predicted octanol–water partition coefficient (Wildman–Crippen LogP) is 3.30. The highest BCUT2D eigenvalue weighted by Crippen LogP contribution is 2.20. The Hall–Kier alpha value is -2.11. The van der Waals surface area contributed by atoms with Crippen LogP contribution in [0.25, 0.3) is 0 Å². The van der Waals surface area contributed by atoms with Crippen LogP contribution in [-0.4, -0.2) is 11.0 Å². The Kier molecular flexibility index (Phi) is 5.14. The van der Waals surface area contributed by atoms with Crippen molar-refractivity contribution >= 4 is 40.5 Å². The number of hydrogen-bond acceptors (Lipinski definition) is 2. The molecule has 4 nitrogen and oxygen atoms in total. The summed E-state index contributed by atoms with van der Waals surface area (Å²) >= 11 is 10.8. The van der Waals surface area contributed by atoms with E-state index in [-0.39, 0.29) is 6.03 Å². The topological polar surface area (TPSA) is 67.1 Å². The molecule has 0 saturated heterocycles. The van der Waals surface area contributed by atoms with Crippen molar-refractivity contribution in [2.45, 2.75) is 6.54 Å². The van der Waals surface area contributed by atoms with Gasteiger partial charge in [0.05, 0.1) is 10.7 Å². The monoisotopic (exact) mass is 319 g/mol. The number of hydrogen-bond donors (Lipinski definition) is 3. The minimum absolute atomic E-state index is 0.318. The average Bonchev–Trinajstić information content (AvgIpc) is 2.48. The number of nitrogens with two attached hydrogens (primary N) is 1. The van der Waals surface area contributed by atoms with Crippen molar-refractivity contribution in [1.82, 2.24) is 5.32 Å². The van der Waals surface area contributed by atoms with Crippen LogP contribution in [0.1, 0.15) is 11.1 Å². The van der Waals surface area contributed by atoms with E-state index in [4.69, 9.17) is 29.6 Å². The van der Waals surface area contributed by atoms with Crippen LogP contribution in [0.3, 0.4) is 0 Å². The Morgan fingerprint density at radius 3 is 2.43 bits per heavy atom. The normalized spacial score (nSPS) is 9.95. The standard InChI is InChI=1S/C15H14ClN3OS/c16-12-3-1-2-4-13(12)19-15(20)18-9-10-5-7-11(8-6-10)14(17)21/h1-8H,9H2,(H2,17,21)(H2,18,19,20). The first-order chi connectivity index (χ1) is 10.1. The molecule has 0 unspecified atom stereocenters. The van der Waals surface area contributed by atoms with Crippen molar-refractivity contribution < 1.29 is 4.79 Å². The Morgan fingerprint density at radius 2 is 1.81 bits per heavy atom. The highest BCUT2D eigenvalue weighted by molar-refractivity contribution is 7.80. The lowest BCUT2D eigenvalue weighted by atomic mass is 10.1. The smallest absolute Gasteiger partial charge is 0.319 e. The second-order valence-corrected chi connectivity index (χ2v) is 5.20. The summed E-state index contributed by atoms with van der Waals surface area (Å²) in [5.41, 5.74) is 7.84. The van der Waals surface area contributed by atoms with Gasteiger partial charge in [0.25, 0.3) is 0 Å². The molecule has 2 aromatic rings. The fraction of sp³-hybridized carbons (Fsp3) is 0.0667. The van der Waals surface area contributed by atoms with Crippen molar-refractivity contribution in [3.05, 3.63) is 64.7 Å². The number of amides is 2. The first-order valence-electron chi connectivity index (χ1n) is 6.24. The van der Waals surface area contributed by atoms with Gasteiger partial charge in [0.2, 0.25) is 0 Å². The highest BCUT2D eigenvalue weighted by Gasteiger charge is 2.04. The van der Waals surface area contributed by atoms with E-state index in [1.165, 1.54) is 0 Å². The molecule has 6 heteroatoms. The summed E-state index contributed by atoms with van der Waals surface area (Å²) in [5.74, 6) is 0. The number of rotatable bonds is 4. The summed E-state index contributed by atoms with van der Waals surface area (Å²) in [7, 11) is 0. The molecule has 108 valence electrons. The van der Waals surface area contributed by atoms with Crippen molar-refractivity contribution in [2.75, 3.05) is 5.32 Å². The molecule has 0 saturated carbocycles. The van der Waals surface area contributed by atoms with Gasteiger partial charge in [-0.05, 0) is 17.7 Å². The molecule has 2 rings (SSSR count). The number of para-hydroxylation sites is 1. The van der Waals surface area contributed by atoms with Gasteiger partial charge in [0, 0.05) is 12.1 Å². The Morgan fingerprint density at radius 1 is 1.14 bits per heavy atom. The van der Waals surface area contributed by atoms with E-state index in [2.05, 4.69) is 10.6 Å². The van der Waals surface area contributed by atoms with Crippen LogP contribution in [0.15, 0.2) is 48.5 Å². The molecule has 0 bridgehead atoms. The molecule has 0 atom stereocenters. The predicted molar refractivity (Wildman–Crippen MR) is 89.6 cm³/mol. The molecule has 0 fully saturated rings. The fourth-order valence-corrected chi connectivity index (χ4v) is 2.02. The van der Waals surface area contributed by atoms with Gasteiger partial charge in [-0.3, -0.25) is 0 Å². The average molecular weight is 320 g/mol. The van der Waals surface area contributed by atoms with Crippen molar-refractivity contribution in [2.24, 2.45) is 5.73 Å². The van der Waals surface area contributed by atoms with Gasteiger partial charge in [-0.1, -0.05) is 60.2 Å². The van der Waals surface area contributed by atoms with Crippen LogP contribution in [0.4, 0.5) is 10.5 Å². The van der Waals surface area contributed by atoms with Crippen molar-refractivity contribution in [3.8, 4) is 0 Å². The van der Waals surface area contributed by atoms with E-state index >= 15 is 0 Å². The van der Waals surface area contributed by atoms with Crippen molar-refractivity contribution in [1.29, 1.82) is 0 Å². The van der Waals surface area contributed by atoms with E-state index < -0.39 is 0 Å². The van der Waals surface area contributed by atoms with Crippen molar-refractivity contribution in [3.63, 3.8) is 0 Å². The zero-order chi connectivity index (χ0) is 15.2. The molecule has 0 heterocycles. The van der Waals surface area contributed by atoms with Crippen LogP contribution in [0.2, 0.25) is 5.02 Å². The lowest BCUT2D eigenvalue weighted by molar-refractivity contribution is 0.251. The first-order valence-corrected chi connectivity index (χ1v) is 7.03. The third-order valence-corrected chi connectivity index (χ3v) is 3.38. The summed E-state index contributed by atoms with van der Waals surface area (Å²) in [4.78, 5) is 12.1. The van der Waals surface area contributed by atoms with Gasteiger partial charge in [-0.15, -0.1) is 0 Å². The molecule has 0 aliphatic heterocycles. The number of benzene rings is 2. The summed E-state index contributed by atoms with van der Waals surface area (Å²) in [6, 6.07) is 14.1. The van der Waals surface area contributed by atoms with E-state index in [0.29, 0.717) is 22.2 Å². The van der Waals surface area contributed by atoms with Crippen LogP contribution in [0, 0.1) is 0 Å². The Labute approximate surface area is 133 Å². The van der Waals surface area contributed by atoms with Crippen LogP contribution in [-0.2, 0) is 6.54 Å². The molecule has 0 aliphatic rings. The molecule has 2 amide bonds. The quantitative estimate of drug-likeness (QED) is 0.757. The molecule has 0 radical (unpaired) electrons. The molecular formula is C15H14ClN3OS. The van der Waals surface area contributed by atoms with E-state index in [9.17, 15) is 4.79 Å². The number of halogens is 1.